The minimum atomic E-state index is -0.188. The molecule has 2 aliphatic heterocycles. The molecule has 1 atom stereocenters. The maximum Gasteiger partial charge on any atom is 0.270 e. The van der Waals surface area contributed by atoms with E-state index >= 15 is 0 Å². The van der Waals surface area contributed by atoms with E-state index in [1.807, 2.05) is 31.2 Å². The number of ether oxygens (including phenoxy) is 2. The van der Waals surface area contributed by atoms with Crippen molar-refractivity contribution in [2.45, 2.75) is 19.4 Å². The number of anilines is 1. The fourth-order valence-electron chi connectivity index (χ4n) is 3.30. The summed E-state index contributed by atoms with van der Waals surface area (Å²) >= 11 is 0. The van der Waals surface area contributed by atoms with Gasteiger partial charge in [0.25, 0.3) is 5.91 Å². The smallest absolute Gasteiger partial charge is 0.270 e. The first-order valence-electron chi connectivity index (χ1n) is 8.92. The van der Waals surface area contributed by atoms with Gasteiger partial charge in [-0.05, 0) is 19.1 Å². The highest BCUT2D eigenvalue weighted by Crippen LogP contribution is 2.31. The molecule has 2 aliphatic rings. The average Bonchev–Trinajstić information content (AvgIpc) is 2.68. The molecule has 4 rings (SSSR count). The molecular formula is C19H22N4O3. The number of carbonyl (C=O) groups excluding carboxylic acids is 1. The van der Waals surface area contributed by atoms with Crippen LogP contribution in [0, 0.1) is 6.92 Å². The molecule has 1 aromatic carbocycles. The number of para-hydroxylation sites is 1. The summed E-state index contributed by atoms with van der Waals surface area (Å²) in [6.45, 7) is 5.24. The van der Waals surface area contributed by atoms with Gasteiger partial charge >= 0.3 is 0 Å². The van der Waals surface area contributed by atoms with Crippen molar-refractivity contribution in [1.29, 1.82) is 0 Å². The maximum atomic E-state index is 12.8. The first-order chi connectivity index (χ1) is 12.7. The van der Waals surface area contributed by atoms with Crippen molar-refractivity contribution in [3.8, 4) is 5.75 Å². The molecule has 0 aliphatic carbocycles. The number of rotatable bonds is 3. The van der Waals surface area contributed by atoms with Crippen molar-refractivity contribution >= 4 is 11.9 Å². The van der Waals surface area contributed by atoms with Crippen LogP contribution in [0.5, 0.6) is 5.75 Å². The lowest BCUT2D eigenvalue weighted by molar-refractivity contribution is 0.0919. The molecule has 0 bridgehead atoms. The Morgan fingerprint density at radius 2 is 2.00 bits per heavy atom. The number of benzene rings is 1. The number of aromatic nitrogens is 2. The number of aryl methyl sites for hydroxylation is 1. The molecule has 7 nitrogen and oxygen atoms in total. The fourth-order valence-corrected chi connectivity index (χ4v) is 3.30. The third kappa shape index (κ3) is 3.48. The third-order valence-electron chi connectivity index (χ3n) is 4.63. The first kappa shape index (κ1) is 16.8. The van der Waals surface area contributed by atoms with Crippen molar-refractivity contribution in [1.82, 2.24) is 15.3 Å². The zero-order chi connectivity index (χ0) is 17.9. The van der Waals surface area contributed by atoms with E-state index in [1.165, 1.54) is 0 Å². The monoisotopic (exact) mass is 354 g/mol. The van der Waals surface area contributed by atoms with E-state index in [1.54, 1.807) is 6.07 Å². The van der Waals surface area contributed by atoms with Gasteiger partial charge in [-0.3, -0.25) is 4.79 Å². The van der Waals surface area contributed by atoms with Crippen molar-refractivity contribution in [2.75, 3.05) is 37.8 Å². The topological polar surface area (TPSA) is 76.6 Å². The van der Waals surface area contributed by atoms with E-state index in [4.69, 9.17) is 9.47 Å². The summed E-state index contributed by atoms with van der Waals surface area (Å²) in [6, 6.07) is 9.46. The summed E-state index contributed by atoms with van der Waals surface area (Å²) in [5.41, 5.74) is 2.17. The number of carbonyl (C=O) groups is 1. The second kappa shape index (κ2) is 7.29. The number of nitrogens with one attached hydrogen (secondary N) is 1. The highest BCUT2D eigenvalue weighted by Gasteiger charge is 2.24. The van der Waals surface area contributed by atoms with Gasteiger partial charge in [0.2, 0.25) is 5.95 Å². The molecule has 2 aromatic rings. The van der Waals surface area contributed by atoms with Gasteiger partial charge in [0.15, 0.2) is 0 Å². The Kier molecular flexibility index (Phi) is 4.71. The molecule has 136 valence electrons. The number of nitrogens with zero attached hydrogens (tertiary/aromatic N) is 3. The van der Waals surface area contributed by atoms with E-state index in [2.05, 4.69) is 20.2 Å². The molecule has 1 amide bonds. The Labute approximate surface area is 152 Å². The molecule has 3 heterocycles. The van der Waals surface area contributed by atoms with Crippen molar-refractivity contribution in [3.63, 3.8) is 0 Å². The predicted molar refractivity (Wildman–Crippen MR) is 96.6 cm³/mol. The second-order valence-electron chi connectivity index (χ2n) is 6.49. The standard InChI is InChI=1S/C19H22N4O3/c1-13-12-16(22-19(20-13)23-7-10-25-11-8-23)18(24)21-15-6-9-26-17-5-3-2-4-14(15)17/h2-5,12,15H,6-11H2,1H3,(H,21,24)/t15-/m0/s1. The fraction of sp³-hybridized carbons (Fsp3) is 0.421. The van der Waals surface area contributed by atoms with Crippen molar-refractivity contribution in [3.05, 3.63) is 47.3 Å². The number of morpholine rings is 1. The van der Waals surface area contributed by atoms with Crippen LogP contribution in [0.1, 0.15) is 34.2 Å². The van der Waals surface area contributed by atoms with Crippen LogP contribution in [0.2, 0.25) is 0 Å². The van der Waals surface area contributed by atoms with Crippen LogP contribution in [0.4, 0.5) is 5.95 Å². The molecule has 0 unspecified atom stereocenters. The molecule has 0 saturated carbocycles. The quantitative estimate of drug-likeness (QED) is 0.907. The van der Waals surface area contributed by atoms with Crippen LogP contribution < -0.4 is 15.0 Å². The summed E-state index contributed by atoms with van der Waals surface area (Å²) in [7, 11) is 0. The van der Waals surface area contributed by atoms with E-state index in [9.17, 15) is 4.79 Å². The Morgan fingerprint density at radius 3 is 2.85 bits per heavy atom. The van der Waals surface area contributed by atoms with Gasteiger partial charge in [0.1, 0.15) is 11.4 Å². The molecule has 26 heavy (non-hydrogen) atoms. The van der Waals surface area contributed by atoms with Crippen LogP contribution in [0.25, 0.3) is 0 Å². The Balaban J connectivity index is 1.54. The first-order valence-corrected chi connectivity index (χ1v) is 8.92. The SMILES string of the molecule is Cc1cc(C(=O)N[C@H]2CCOc3ccccc32)nc(N2CCOCC2)n1. The lowest BCUT2D eigenvalue weighted by Gasteiger charge is -2.28. The highest BCUT2D eigenvalue weighted by molar-refractivity contribution is 5.93. The van der Waals surface area contributed by atoms with Crippen LogP contribution in [0.15, 0.2) is 30.3 Å². The highest BCUT2D eigenvalue weighted by atomic mass is 16.5. The number of fused-ring (bicyclic) bond motifs is 1. The number of hydrogen-bond donors (Lipinski definition) is 1. The Bertz CT molecular complexity index is 805. The average molecular weight is 354 g/mol. The minimum Gasteiger partial charge on any atom is -0.493 e. The van der Waals surface area contributed by atoms with Gasteiger partial charge in [-0.1, -0.05) is 18.2 Å². The molecule has 1 saturated heterocycles. The lowest BCUT2D eigenvalue weighted by Crippen LogP contribution is -2.38. The second-order valence-corrected chi connectivity index (χ2v) is 6.49. The van der Waals surface area contributed by atoms with E-state index in [-0.39, 0.29) is 11.9 Å². The van der Waals surface area contributed by atoms with Gasteiger partial charge in [0, 0.05) is 30.8 Å². The minimum absolute atomic E-state index is 0.0745. The van der Waals surface area contributed by atoms with Gasteiger partial charge in [-0.2, -0.15) is 0 Å². The molecule has 7 heteroatoms. The summed E-state index contributed by atoms with van der Waals surface area (Å²) < 4.78 is 11.0. The number of hydrogen-bond acceptors (Lipinski definition) is 6. The maximum absolute atomic E-state index is 12.8. The van der Waals surface area contributed by atoms with Crippen molar-refractivity contribution in [2.24, 2.45) is 0 Å². The van der Waals surface area contributed by atoms with E-state index < -0.39 is 0 Å². The molecular weight excluding hydrogens is 332 g/mol. The summed E-state index contributed by atoms with van der Waals surface area (Å²) in [4.78, 5) is 23.9. The Morgan fingerprint density at radius 1 is 1.19 bits per heavy atom. The number of amides is 1. The predicted octanol–water partition coefficient (Wildman–Crippen LogP) is 1.88. The van der Waals surface area contributed by atoms with Gasteiger partial charge in [-0.15, -0.1) is 0 Å². The summed E-state index contributed by atoms with van der Waals surface area (Å²) in [5, 5.41) is 3.10. The van der Waals surface area contributed by atoms with Gasteiger partial charge < -0.3 is 19.7 Å². The van der Waals surface area contributed by atoms with Gasteiger partial charge in [-0.25, -0.2) is 9.97 Å². The van der Waals surface area contributed by atoms with E-state index in [0.717, 1.165) is 36.5 Å². The molecule has 1 N–H and O–H groups in total. The Hall–Kier alpha value is -2.67. The third-order valence-corrected chi connectivity index (χ3v) is 4.63. The van der Waals surface area contributed by atoms with Crippen LogP contribution in [-0.4, -0.2) is 48.8 Å². The lowest BCUT2D eigenvalue weighted by atomic mass is 10.0. The van der Waals surface area contributed by atoms with Gasteiger partial charge in [0.05, 0.1) is 25.9 Å². The van der Waals surface area contributed by atoms with Crippen LogP contribution in [0.3, 0.4) is 0 Å². The molecule has 1 aromatic heterocycles. The summed E-state index contributed by atoms with van der Waals surface area (Å²) in [6.07, 6.45) is 0.739. The van der Waals surface area contributed by atoms with E-state index in [0.29, 0.717) is 31.5 Å². The largest absolute Gasteiger partial charge is 0.493 e. The zero-order valence-electron chi connectivity index (χ0n) is 14.8. The zero-order valence-corrected chi connectivity index (χ0v) is 14.8. The molecule has 0 spiro atoms. The summed E-state index contributed by atoms with van der Waals surface area (Å²) in [5.74, 6) is 1.23. The molecule has 1 fully saturated rings. The van der Waals surface area contributed by atoms with Crippen LogP contribution in [-0.2, 0) is 4.74 Å². The normalized spacial score (nSPS) is 19.4. The van der Waals surface area contributed by atoms with Crippen molar-refractivity contribution < 1.29 is 14.3 Å². The molecule has 0 radical (unpaired) electrons. The van der Waals surface area contributed by atoms with Crippen LogP contribution >= 0.6 is 0 Å².